The maximum absolute atomic E-state index is 14.1. The van der Waals surface area contributed by atoms with Gasteiger partial charge in [0.2, 0.25) is 0 Å². The first kappa shape index (κ1) is 82.2. The number of hydrogen-bond donors (Lipinski definition) is 22. The van der Waals surface area contributed by atoms with Gasteiger partial charge in [-0.25, -0.2) is 0 Å². The Labute approximate surface area is 599 Å². The summed E-state index contributed by atoms with van der Waals surface area (Å²) in [6.45, 7) is -9.51. The summed E-state index contributed by atoms with van der Waals surface area (Å²) in [4.78, 5) is -1.14. The zero-order chi connectivity index (χ0) is 76.4. The topological polar surface area (TPSA) is 679 Å². The first-order valence-electron chi connectivity index (χ1n) is 33.4. The van der Waals surface area contributed by atoms with E-state index in [1.54, 1.807) is 0 Å². The third-order valence-corrected chi connectivity index (χ3v) is 22.5. The third-order valence-electron chi connectivity index (χ3n) is 19.9. The molecule has 22 N–H and O–H groups in total. The van der Waals surface area contributed by atoms with E-state index in [2.05, 4.69) is 0 Å². The van der Waals surface area contributed by atoms with Crippen molar-refractivity contribution < 1.29 is 213 Å². The minimum absolute atomic E-state index is 0.242. The Kier molecular flexibility index (Phi) is 26.2. The van der Waals surface area contributed by atoms with Gasteiger partial charge in [-0.2, -0.15) is 16.8 Å². The van der Waals surface area contributed by atoms with Crippen LogP contribution in [0.3, 0.4) is 0 Å². The van der Waals surface area contributed by atoms with Crippen LogP contribution < -0.4 is 0 Å². The van der Waals surface area contributed by atoms with E-state index in [1.165, 1.54) is 24.3 Å². The number of ether oxygens (including phenoxy) is 16. The van der Waals surface area contributed by atoms with Crippen LogP contribution in [0.2, 0.25) is 0 Å². The summed E-state index contributed by atoms with van der Waals surface area (Å²) in [7, 11) is -10.0. The molecule has 0 unspecified atom stereocenters. The molecule has 2 aromatic rings. The van der Waals surface area contributed by atoms with E-state index in [9.17, 15) is 129 Å². The fourth-order valence-electron chi connectivity index (χ4n) is 14.0. The Morgan fingerprint density at radius 2 is 0.406 bits per heavy atom. The van der Waals surface area contributed by atoms with Gasteiger partial charge in [0.05, 0.1) is 62.6 Å². The molecular formula is C60H86O44S2. The van der Waals surface area contributed by atoms with Gasteiger partial charge >= 0.3 is 0 Å². The van der Waals surface area contributed by atoms with Crippen LogP contribution in [0.4, 0.5) is 0 Å². The highest BCUT2D eigenvalue weighted by Crippen LogP contribution is 2.41. The molecule has 0 aliphatic carbocycles. The highest BCUT2D eigenvalue weighted by Gasteiger charge is 2.61. The lowest BCUT2D eigenvalue weighted by molar-refractivity contribution is -0.403. The SMILES string of the molecule is O=S1(=O)OC[C@H]2O[C@@H]3O[C@H]4[C@H](O)[C@@H](O)[C@@H](O[C@H]5[C@H](O)[C@@H](O)[C@@H](O[C@H]6[C@H](O)[C@@H](O)[C@@H](O[C@H]7[C@H](O)[C@@H](O)[C@@H](O[C@H]8[C@H](O)[C@@H](O)[C@@H](O[C@H]9[C@H](O)[C@@H](O)[C@@H](O[C@H]%10[C@H](O)[C@H](O)[C@@H](O[C@H]2[C@H](O)[C@H]3O)O[C@@H]%10CO)O[C@@H]9CO)O[C@@H]8COS(=O)(=O)c2ccc(cc2)-c2ccc1cc2)O[C@@H]7CO)O[C@@H]6CO)O[C@@H]5CO)O[C@@H]4CO. The second-order valence-corrected chi connectivity index (χ2v) is 29.9. The van der Waals surface area contributed by atoms with E-state index in [0.717, 1.165) is 24.3 Å². The molecule has 34 aliphatic heterocycles. The molecule has 46 heteroatoms. The summed E-state index contributed by atoms with van der Waals surface area (Å²) in [6, 6.07) is 9.21. The van der Waals surface area contributed by atoms with Crippen molar-refractivity contribution in [3.05, 3.63) is 48.5 Å². The monoisotopic (exact) mass is 1570 g/mol. The van der Waals surface area contributed by atoms with Crippen molar-refractivity contribution in [1.29, 1.82) is 0 Å². The average Bonchev–Trinajstić information content (AvgIpc) is 0.772. The summed E-state index contributed by atoms with van der Waals surface area (Å²) < 4.78 is 161. The summed E-state index contributed by atoms with van der Waals surface area (Å²) in [5.41, 5.74) is 0.484. The van der Waals surface area contributed by atoms with Crippen LogP contribution in [0.25, 0.3) is 11.1 Å². The van der Waals surface area contributed by atoms with Crippen LogP contribution in [0.5, 0.6) is 0 Å². The molecule has 0 saturated carbocycles. The highest BCUT2D eigenvalue weighted by molar-refractivity contribution is 7.87. The van der Waals surface area contributed by atoms with Crippen LogP contribution in [0, 0.1) is 0 Å². The zero-order valence-electron chi connectivity index (χ0n) is 55.0. The van der Waals surface area contributed by atoms with Crippen LogP contribution >= 0.6 is 0 Å². The molecule has 0 spiro atoms. The Bertz CT molecular complexity index is 3390. The quantitative estimate of drug-likeness (QED) is 0.119. The van der Waals surface area contributed by atoms with E-state index in [0.29, 0.717) is 0 Å². The van der Waals surface area contributed by atoms with Gasteiger partial charge in [-0.1, -0.05) is 24.3 Å². The highest BCUT2D eigenvalue weighted by atomic mass is 32.2. The van der Waals surface area contributed by atoms with Crippen molar-refractivity contribution >= 4 is 20.2 Å². The summed E-state index contributed by atoms with van der Waals surface area (Å²) in [5.74, 6) is 0. The first-order valence-corrected chi connectivity index (χ1v) is 36.2. The maximum atomic E-state index is 14.1. The molecule has 40 atom stereocenters. The van der Waals surface area contributed by atoms with E-state index in [1.807, 2.05) is 0 Å². The minimum Gasteiger partial charge on any atom is -0.394 e. The molecule has 22 bridgehead atoms. The lowest BCUT2D eigenvalue weighted by Crippen LogP contribution is -2.69. The van der Waals surface area contributed by atoms with Gasteiger partial charge in [0.1, 0.15) is 195 Å². The summed E-state index contributed by atoms with van der Waals surface area (Å²) in [5, 5.41) is 251. The molecule has 34 aliphatic rings. The largest absolute Gasteiger partial charge is 0.394 e. The molecule has 0 aromatic heterocycles. The van der Waals surface area contributed by atoms with E-state index < -0.39 is 329 Å². The minimum atomic E-state index is -5.00. The predicted molar refractivity (Wildman–Crippen MR) is 325 cm³/mol. The second kappa shape index (κ2) is 33.8. The first-order chi connectivity index (χ1) is 50.4. The van der Waals surface area contributed by atoms with Gasteiger partial charge in [0.25, 0.3) is 20.2 Å². The fourth-order valence-corrected chi connectivity index (χ4v) is 15.8. The lowest BCUT2D eigenvalue weighted by Gasteiger charge is -2.50. The van der Waals surface area contributed by atoms with E-state index >= 15 is 0 Å². The van der Waals surface area contributed by atoms with Crippen LogP contribution in [-0.2, 0) is 104 Å². The molecule has 34 heterocycles. The van der Waals surface area contributed by atoms with Crippen molar-refractivity contribution in [3.8, 4) is 11.1 Å². The number of benzene rings is 2. The van der Waals surface area contributed by atoms with Crippen molar-refractivity contribution in [3.63, 3.8) is 0 Å². The number of rotatable bonds is 6. The molecule has 602 valence electrons. The number of aliphatic hydroxyl groups is 22. The van der Waals surface area contributed by atoms with Gasteiger partial charge in [0.15, 0.2) is 50.3 Å². The van der Waals surface area contributed by atoms with Gasteiger partial charge < -0.3 is 188 Å². The van der Waals surface area contributed by atoms with Gasteiger partial charge in [0, 0.05) is 0 Å². The smallest absolute Gasteiger partial charge is 0.297 e. The molecule has 44 nitrogen and oxygen atoms in total. The zero-order valence-corrected chi connectivity index (χ0v) is 56.6. The van der Waals surface area contributed by atoms with Crippen LogP contribution in [-0.4, -0.2) is 428 Å². The van der Waals surface area contributed by atoms with Gasteiger partial charge in [-0.3, -0.25) is 8.37 Å². The van der Waals surface area contributed by atoms with Crippen molar-refractivity contribution in [1.82, 2.24) is 0 Å². The number of hydrogen-bond acceptors (Lipinski definition) is 44. The van der Waals surface area contributed by atoms with E-state index in [-0.39, 0.29) is 11.1 Å². The van der Waals surface area contributed by atoms with Crippen molar-refractivity contribution in [2.45, 2.75) is 255 Å². The summed E-state index contributed by atoms with van der Waals surface area (Å²) in [6.07, 6.45) is -88.0. The standard InChI is InChI=1S/C60H86O44S2/c61-9-21-45-30(68)38(76)54(90-21)99-47-23(11-63)93-57(41(79)33(47)71)103-51-27-15-87-105(83,84)19-5-1-17(2-6-19)18-3-7-20(8-4-18)106(85,86)88-16-28-52(35(73)43(81)59(95-28)101-49-25(13-65)91-55(39(77)31(49)69)98-46-22(10-62)89-53(97-45)37(75)29(46)67)104-58-42(80)34(72)48(24(12-64)94-58)100-56-40(78)32(70)50(26(14-66)92-56)102-60(96-27)44(82)36(51)74/h1-8,21-82H,9-16H2/t21-,22-,23-,24-,25-,26-,27-,28-,29-,30-,31-,32-,33-,34-,35-,36-,37-,38-,39-,40-,41-,42+,43-,44-,45-,46-,47-,48-,49-,50-,51-,52-,53-,54-,55-,56-,57-,58-,59-,60-/m1/s1. The molecular weight excluding hydrogens is 1490 g/mol. The van der Waals surface area contributed by atoms with Crippen molar-refractivity contribution in [2.24, 2.45) is 0 Å². The molecule has 106 heavy (non-hydrogen) atoms. The van der Waals surface area contributed by atoms with Gasteiger partial charge in [-0.05, 0) is 35.4 Å². The Morgan fingerprint density at radius 1 is 0.236 bits per heavy atom. The fraction of sp³-hybridized carbons (Fsp3) is 0.800. The second-order valence-electron chi connectivity index (χ2n) is 26.6. The van der Waals surface area contributed by atoms with Crippen LogP contribution in [0.1, 0.15) is 0 Å². The molecule has 20 saturated heterocycles. The molecule has 20 fully saturated rings. The van der Waals surface area contributed by atoms with Crippen LogP contribution in [0.15, 0.2) is 58.3 Å². The molecule has 2 aromatic carbocycles. The molecule has 36 rings (SSSR count). The molecule has 0 amide bonds. The lowest BCUT2D eigenvalue weighted by atomic mass is 9.94. The van der Waals surface area contributed by atoms with Gasteiger partial charge in [-0.15, -0.1) is 0 Å². The average molecular weight is 1580 g/mol. The summed E-state index contributed by atoms with van der Waals surface area (Å²) >= 11 is 0. The maximum Gasteiger partial charge on any atom is 0.297 e. The number of aliphatic hydroxyl groups excluding tert-OH is 22. The van der Waals surface area contributed by atoms with E-state index in [4.69, 9.17) is 84.2 Å². The Balaban J connectivity index is 0.923. The molecule has 0 radical (unpaired) electrons. The predicted octanol–water partition coefficient (Wildman–Crippen LogP) is -14.6. The normalized spacial score (nSPS) is 49.8. The van der Waals surface area contributed by atoms with Crippen molar-refractivity contribution in [2.75, 3.05) is 52.9 Å². The Hall–Kier alpha value is -3.26. The third kappa shape index (κ3) is 16.2. The Morgan fingerprint density at radius 3 is 0.594 bits per heavy atom.